The topological polar surface area (TPSA) is 72.1 Å². The highest BCUT2D eigenvalue weighted by molar-refractivity contribution is 6.11. The molecule has 0 saturated carbocycles. The molecule has 0 fully saturated rings. The number of aromatic nitrogens is 2. The molecule has 5 nitrogen and oxygen atoms in total. The molecule has 2 aromatic heterocycles. The molecule has 1 N–H and O–H groups in total. The number of nitrogens with one attached hydrogen (secondary N) is 1. The molecule has 98 valence electrons. The van der Waals surface area contributed by atoms with Gasteiger partial charge < -0.3 is 9.72 Å². The molecule has 2 heterocycles. The minimum absolute atomic E-state index is 0.159. The fourth-order valence-electron chi connectivity index (χ4n) is 2.24. The first kappa shape index (κ1) is 12.1. The van der Waals surface area contributed by atoms with Crippen LogP contribution in [0.5, 0.6) is 0 Å². The van der Waals surface area contributed by atoms with Crippen molar-refractivity contribution >= 4 is 39.8 Å². The van der Waals surface area contributed by atoms with E-state index >= 15 is 0 Å². The molecule has 0 radical (unpaired) electrons. The van der Waals surface area contributed by atoms with Gasteiger partial charge in [0.05, 0.1) is 24.4 Å². The SMILES string of the molecule is COC(=O)c1cc2c([nH]c3ccccc32)c(C=C=O)n1. The Morgan fingerprint density at radius 3 is 2.90 bits per heavy atom. The quantitative estimate of drug-likeness (QED) is 0.571. The molecule has 0 saturated heterocycles. The Morgan fingerprint density at radius 1 is 1.35 bits per heavy atom. The molecule has 3 aromatic rings. The Hall–Kier alpha value is -2.91. The van der Waals surface area contributed by atoms with Crippen LogP contribution >= 0.6 is 0 Å². The lowest BCUT2D eigenvalue weighted by Gasteiger charge is -2.01. The number of methoxy groups -OCH3 is 1. The molecule has 0 atom stereocenters. The zero-order chi connectivity index (χ0) is 14.1. The zero-order valence-electron chi connectivity index (χ0n) is 10.6. The predicted molar refractivity (Wildman–Crippen MR) is 75.1 cm³/mol. The number of benzene rings is 1. The number of ether oxygens (including phenoxy) is 1. The van der Waals surface area contributed by atoms with Crippen molar-refractivity contribution in [2.45, 2.75) is 0 Å². The second kappa shape index (κ2) is 4.64. The van der Waals surface area contributed by atoms with Crippen molar-refractivity contribution in [1.82, 2.24) is 9.97 Å². The highest BCUT2D eigenvalue weighted by Crippen LogP contribution is 2.28. The molecule has 5 heteroatoms. The second-order valence-corrected chi connectivity index (χ2v) is 4.24. The van der Waals surface area contributed by atoms with Crippen molar-refractivity contribution in [3.8, 4) is 0 Å². The fraction of sp³-hybridized carbons (Fsp3) is 0.0667. The lowest BCUT2D eigenvalue weighted by Crippen LogP contribution is -2.05. The van der Waals surface area contributed by atoms with Crippen LogP contribution in [0.2, 0.25) is 0 Å². The van der Waals surface area contributed by atoms with Gasteiger partial charge in [-0.05, 0) is 12.1 Å². The van der Waals surface area contributed by atoms with Gasteiger partial charge in [-0.1, -0.05) is 18.2 Å². The van der Waals surface area contributed by atoms with Crippen molar-refractivity contribution in [2.75, 3.05) is 7.11 Å². The summed E-state index contributed by atoms with van der Waals surface area (Å²) in [5.74, 6) is 1.15. The van der Waals surface area contributed by atoms with Crippen LogP contribution in [0.15, 0.2) is 30.3 Å². The molecular formula is C15H10N2O3. The number of nitrogens with zero attached hydrogens (tertiary/aromatic N) is 1. The lowest BCUT2D eigenvalue weighted by atomic mass is 10.1. The normalized spacial score (nSPS) is 10.4. The molecule has 1 aromatic carbocycles. The number of H-pyrrole nitrogens is 1. The lowest BCUT2D eigenvalue weighted by molar-refractivity contribution is 0.0594. The maximum atomic E-state index is 11.7. The molecule has 0 aliphatic rings. The molecule has 0 amide bonds. The average Bonchev–Trinajstić information content (AvgIpc) is 2.86. The van der Waals surface area contributed by atoms with E-state index in [0.717, 1.165) is 16.3 Å². The second-order valence-electron chi connectivity index (χ2n) is 4.24. The smallest absolute Gasteiger partial charge is 0.356 e. The minimum atomic E-state index is -0.544. The van der Waals surface area contributed by atoms with Crippen LogP contribution in [0.4, 0.5) is 0 Å². The van der Waals surface area contributed by atoms with Crippen LogP contribution in [-0.2, 0) is 9.53 Å². The number of esters is 1. The molecule has 0 unspecified atom stereocenters. The van der Waals surface area contributed by atoms with Crippen LogP contribution < -0.4 is 0 Å². The van der Waals surface area contributed by atoms with Crippen molar-refractivity contribution in [3.05, 3.63) is 41.7 Å². The molecule has 0 aliphatic carbocycles. The van der Waals surface area contributed by atoms with E-state index in [2.05, 4.69) is 14.7 Å². The summed E-state index contributed by atoms with van der Waals surface area (Å²) in [4.78, 5) is 29.6. The van der Waals surface area contributed by atoms with Crippen LogP contribution in [0, 0.1) is 0 Å². The van der Waals surface area contributed by atoms with Gasteiger partial charge in [-0.2, -0.15) is 0 Å². The summed E-state index contributed by atoms with van der Waals surface area (Å²) < 4.78 is 4.68. The van der Waals surface area contributed by atoms with Crippen LogP contribution in [-0.4, -0.2) is 29.0 Å². The Kier molecular flexibility index (Phi) is 2.82. The van der Waals surface area contributed by atoms with E-state index in [-0.39, 0.29) is 5.69 Å². The van der Waals surface area contributed by atoms with Gasteiger partial charge in [-0.3, -0.25) is 0 Å². The van der Waals surface area contributed by atoms with Crippen molar-refractivity contribution in [1.29, 1.82) is 0 Å². The molecule has 3 rings (SSSR count). The standard InChI is InChI=1S/C15H10N2O3/c1-20-15(19)13-8-10-9-4-2-3-5-11(9)17-14(10)12(16-13)6-7-18/h2-6,8,17H,1H3. The number of hydrogen-bond donors (Lipinski definition) is 1. The van der Waals surface area contributed by atoms with Gasteiger partial charge >= 0.3 is 5.97 Å². The highest BCUT2D eigenvalue weighted by Gasteiger charge is 2.14. The summed E-state index contributed by atoms with van der Waals surface area (Å²) >= 11 is 0. The van der Waals surface area contributed by atoms with E-state index in [1.807, 2.05) is 24.3 Å². The van der Waals surface area contributed by atoms with Crippen molar-refractivity contribution < 1.29 is 14.3 Å². The summed E-state index contributed by atoms with van der Waals surface area (Å²) in [5.41, 5.74) is 2.13. The third-order valence-electron chi connectivity index (χ3n) is 3.11. The molecule has 20 heavy (non-hydrogen) atoms. The zero-order valence-corrected chi connectivity index (χ0v) is 10.6. The Balaban J connectivity index is 2.44. The Labute approximate surface area is 113 Å². The predicted octanol–water partition coefficient (Wildman–Crippen LogP) is 2.35. The summed E-state index contributed by atoms with van der Waals surface area (Å²) in [6.07, 6.45) is 1.20. The van der Waals surface area contributed by atoms with Crippen LogP contribution in [0.1, 0.15) is 16.2 Å². The highest BCUT2D eigenvalue weighted by atomic mass is 16.5. The van der Waals surface area contributed by atoms with Gasteiger partial charge in [0.25, 0.3) is 0 Å². The van der Waals surface area contributed by atoms with E-state index < -0.39 is 5.97 Å². The van der Waals surface area contributed by atoms with Gasteiger partial charge in [-0.15, -0.1) is 0 Å². The number of aromatic amines is 1. The summed E-state index contributed by atoms with van der Waals surface area (Å²) in [7, 11) is 1.29. The summed E-state index contributed by atoms with van der Waals surface area (Å²) in [6, 6.07) is 9.32. The summed E-state index contributed by atoms with van der Waals surface area (Å²) in [6.45, 7) is 0. The monoisotopic (exact) mass is 266 g/mol. The number of para-hydroxylation sites is 1. The van der Waals surface area contributed by atoms with Crippen molar-refractivity contribution in [3.63, 3.8) is 0 Å². The third kappa shape index (κ3) is 1.77. The van der Waals surface area contributed by atoms with E-state index in [0.29, 0.717) is 11.2 Å². The van der Waals surface area contributed by atoms with E-state index in [4.69, 9.17) is 0 Å². The molecular weight excluding hydrogens is 256 g/mol. The van der Waals surface area contributed by atoms with Gasteiger partial charge in [0.15, 0.2) is 0 Å². The first-order valence-corrected chi connectivity index (χ1v) is 5.95. The molecule has 0 aliphatic heterocycles. The van der Waals surface area contributed by atoms with E-state index in [9.17, 15) is 9.59 Å². The Morgan fingerprint density at radius 2 is 2.15 bits per heavy atom. The first-order valence-electron chi connectivity index (χ1n) is 5.95. The molecule has 0 bridgehead atoms. The number of fused-ring (bicyclic) bond motifs is 3. The van der Waals surface area contributed by atoms with Crippen molar-refractivity contribution in [2.24, 2.45) is 0 Å². The maximum absolute atomic E-state index is 11.7. The van der Waals surface area contributed by atoms with Gasteiger partial charge in [0, 0.05) is 16.3 Å². The number of rotatable bonds is 2. The van der Waals surface area contributed by atoms with Crippen LogP contribution in [0.3, 0.4) is 0 Å². The van der Waals surface area contributed by atoms with E-state index in [1.54, 1.807) is 12.0 Å². The van der Waals surface area contributed by atoms with E-state index in [1.165, 1.54) is 13.2 Å². The largest absolute Gasteiger partial charge is 0.464 e. The number of hydrogen-bond acceptors (Lipinski definition) is 4. The fourth-order valence-corrected chi connectivity index (χ4v) is 2.24. The number of carbonyl (C=O) groups is 1. The van der Waals surface area contributed by atoms with Crippen LogP contribution in [0.25, 0.3) is 27.9 Å². The summed E-state index contributed by atoms with van der Waals surface area (Å²) in [5, 5.41) is 1.77. The molecule has 0 spiro atoms. The number of pyridine rings is 1. The minimum Gasteiger partial charge on any atom is -0.464 e. The maximum Gasteiger partial charge on any atom is 0.356 e. The Bertz CT molecular complexity index is 873. The van der Waals surface area contributed by atoms with Gasteiger partial charge in [-0.25, -0.2) is 14.6 Å². The number of carbonyl (C=O) groups excluding carboxylic acids is 2. The third-order valence-corrected chi connectivity index (χ3v) is 3.11. The first-order chi connectivity index (χ1) is 9.74. The van der Waals surface area contributed by atoms with Gasteiger partial charge in [0.1, 0.15) is 11.6 Å². The van der Waals surface area contributed by atoms with Gasteiger partial charge in [0.2, 0.25) is 0 Å². The average molecular weight is 266 g/mol.